The van der Waals surface area contributed by atoms with E-state index >= 15 is 0 Å². The summed E-state index contributed by atoms with van der Waals surface area (Å²) in [7, 11) is 0. The standard InChI is InChI=1S/C16H22N2O2S.ClH/c19-16(20-11-9-13-6-2-1-3-7-13)12-15(21)18-14-8-4-5-10-17-14;/h4-5,8,10,13H,1-3,6-7,9,11-12H2,(H,17,18,21);1H. The zero-order valence-electron chi connectivity index (χ0n) is 12.6. The van der Waals surface area contributed by atoms with Gasteiger partial charge in [0, 0.05) is 6.20 Å². The summed E-state index contributed by atoms with van der Waals surface area (Å²) >= 11 is 5.14. The summed E-state index contributed by atoms with van der Waals surface area (Å²) in [5.74, 6) is 1.11. The summed E-state index contributed by atoms with van der Waals surface area (Å²) in [5, 5.41) is 2.93. The highest BCUT2D eigenvalue weighted by molar-refractivity contribution is 7.80. The number of rotatable bonds is 6. The molecule has 1 fully saturated rings. The molecule has 0 aliphatic heterocycles. The van der Waals surface area contributed by atoms with E-state index in [4.69, 9.17) is 17.0 Å². The summed E-state index contributed by atoms with van der Waals surface area (Å²) in [6.45, 7) is 0.510. The fourth-order valence-corrected chi connectivity index (χ4v) is 2.84. The molecular weight excluding hydrogens is 320 g/mol. The molecule has 0 radical (unpaired) electrons. The van der Waals surface area contributed by atoms with E-state index in [2.05, 4.69) is 10.3 Å². The molecule has 1 aliphatic carbocycles. The molecule has 6 heteroatoms. The quantitative estimate of drug-likeness (QED) is 0.621. The number of halogens is 1. The van der Waals surface area contributed by atoms with Gasteiger partial charge in [-0.2, -0.15) is 0 Å². The molecule has 0 aromatic carbocycles. The van der Waals surface area contributed by atoms with Crippen LogP contribution in [-0.2, 0) is 9.53 Å². The number of aromatic nitrogens is 1. The van der Waals surface area contributed by atoms with E-state index in [-0.39, 0.29) is 24.8 Å². The summed E-state index contributed by atoms with van der Waals surface area (Å²) in [5.41, 5.74) is 0. The third-order valence-corrected chi connectivity index (χ3v) is 4.00. The molecule has 2 rings (SSSR count). The van der Waals surface area contributed by atoms with Gasteiger partial charge >= 0.3 is 5.97 Å². The average Bonchev–Trinajstić information content (AvgIpc) is 2.49. The molecule has 0 unspecified atom stereocenters. The van der Waals surface area contributed by atoms with E-state index < -0.39 is 0 Å². The van der Waals surface area contributed by atoms with Gasteiger partial charge in [0.1, 0.15) is 5.82 Å². The zero-order chi connectivity index (χ0) is 14.9. The van der Waals surface area contributed by atoms with E-state index in [0.29, 0.717) is 17.4 Å². The highest BCUT2D eigenvalue weighted by atomic mass is 35.5. The van der Waals surface area contributed by atoms with E-state index in [1.165, 1.54) is 32.1 Å². The molecule has 1 saturated carbocycles. The van der Waals surface area contributed by atoms with Crippen molar-refractivity contribution < 1.29 is 9.53 Å². The fraction of sp³-hybridized carbons (Fsp3) is 0.562. The number of pyridine rings is 1. The third-order valence-electron chi connectivity index (χ3n) is 3.75. The van der Waals surface area contributed by atoms with Gasteiger partial charge in [0.15, 0.2) is 0 Å². The van der Waals surface area contributed by atoms with Crippen LogP contribution in [0.15, 0.2) is 24.4 Å². The first-order chi connectivity index (χ1) is 10.2. The summed E-state index contributed by atoms with van der Waals surface area (Å²) in [6.07, 6.45) is 9.29. The zero-order valence-corrected chi connectivity index (χ0v) is 14.3. The molecule has 0 bridgehead atoms. The van der Waals surface area contributed by atoms with Crippen LogP contribution in [0.4, 0.5) is 5.82 Å². The van der Waals surface area contributed by atoms with Crippen LogP contribution in [0, 0.1) is 5.92 Å². The molecule has 22 heavy (non-hydrogen) atoms. The van der Waals surface area contributed by atoms with Gasteiger partial charge in [0.05, 0.1) is 18.0 Å². The molecular formula is C16H23ClN2O2S. The Morgan fingerprint density at radius 2 is 2.09 bits per heavy atom. The normalized spacial score (nSPS) is 14.7. The van der Waals surface area contributed by atoms with Crippen molar-refractivity contribution in [1.82, 2.24) is 4.98 Å². The predicted molar refractivity (Wildman–Crippen MR) is 94.5 cm³/mol. The number of esters is 1. The molecule has 0 amide bonds. The van der Waals surface area contributed by atoms with Crippen molar-refractivity contribution >= 4 is 41.4 Å². The minimum Gasteiger partial charge on any atom is -0.465 e. The number of thiocarbonyl (C=S) groups is 1. The third kappa shape index (κ3) is 7.18. The van der Waals surface area contributed by atoms with E-state index in [1.54, 1.807) is 12.3 Å². The van der Waals surface area contributed by atoms with Crippen LogP contribution in [0.1, 0.15) is 44.9 Å². The van der Waals surface area contributed by atoms with Gasteiger partial charge in [-0.15, -0.1) is 12.4 Å². The number of hydrogen-bond acceptors (Lipinski definition) is 4. The van der Waals surface area contributed by atoms with Crippen molar-refractivity contribution in [2.75, 3.05) is 11.9 Å². The number of ether oxygens (including phenoxy) is 1. The van der Waals surface area contributed by atoms with Crippen molar-refractivity contribution in [3.05, 3.63) is 24.4 Å². The number of anilines is 1. The maximum Gasteiger partial charge on any atom is 0.312 e. The monoisotopic (exact) mass is 342 g/mol. The number of hydrogen-bond donors (Lipinski definition) is 1. The van der Waals surface area contributed by atoms with Crippen LogP contribution in [0.3, 0.4) is 0 Å². The Hall–Kier alpha value is -1.20. The SMILES string of the molecule is Cl.O=C(CC(=S)Nc1ccccn1)OCCC1CCCCC1. The molecule has 4 nitrogen and oxygen atoms in total. The van der Waals surface area contributed by atoms with Gasteiger partial charge in [0.25, 0.3) is 0 Å². The molecule has 1 heterocycles. The van der Waals surface area contributed by atoms with Crippen LogP contribution in [0.25, 0.3) is 0 Å². The second-order valence-corrected chi connectivity index (χ2v) is 5.95. The number of nitrogens with zero attached hydrogens (tertiary/aromatic N) is 1. The number of nitrogens with one attached hydrogen (secondary N) is 1. The molecule has 1 aromatic rings. The maximum atomic E-state index is 11.7. The van der Waals surface area contributed by atoms with Gasteiger partial charge in [-0.3, -0.25) is 4.79 Å². The lowest BCUT2D eigenvalue weighted by Crippen LogP contribution is -2.18. The number of carbonyl (C=O) groups excluding carboxylic acids is 1. The van der Waals surface area contributed by atoms with Crippen molar-refractivity contribution in [1.29, 1.82) is 0 Å². The summed E-state index contributed by atoms with van der Waals surface area (Å²) in [6, 6.07) is 5.49. The van der Waals surface area contributed by atoms with Crippen LogP contribution >= 0.6 is 24.6 Å². The van der Waals surface area contributed by atoms with Crippen molar-refractivity contribution in [3.8, 4) is 0 Å². The average molecular weight is 343 g/mol. The minimum absolute atomic E-state index is 0. The first-order valence-corrected chi connectivity index (χ1v) is 8.01. The van der Waals surface area contributed by atoms with Gasteiger partial charge < -0.3 is 10.1 Å². The molecule has 122 valence electrons. The Kier molecular flexibility index (Phi) is 9.01. The Labute approximate surface area is 143 Å². The highest BCUT2D eigenvalue weighted by Gasteiger charge is 2.14. The lowest BCUT2D eigenvalue weighted by molar-refractivity contribution is -0.142. The van der Waals surface area contributed by atoms with E-state index in [1.807, 2.05) is 12.1 Å². The van der Waals surface area contributed by atoms with Gasteiger partial charge in [-0.05, 0) is 24.5 Å². The lowest BCUT2D eigenvalue weighted by Gasteiger charge is -2.21. The van der Waals surface area contributed by atoms with Crippen molar-refractivity contribution in [2.24, 2.45) is 5.92 Å². The first kappa shape index (κ1) is 18.8. The van der Waals surface area contributed by atoms with Gasteiger partial charge in [0.2, 0.25) is 0 Å². The van der Waals surface area contributed by atoms with E-state index in [9.17, 15) is 4.79 Å². The first-order valence-electron chi connectivity index (χ1n) is 7.60. The Morgan fingerprint density at radius 1 is 1.32 bits per heavy atom. The Morgan fingerprint density at radius 3 is 2.77 bits per heavy atom. The lowest BCUT2D eigenvalue weighted by atomic mass is 9.87. The Balaban J connectivity index is 0.00000242. The maximum absolute atomic E-state index is 11.7. The summed E-state index contributed by atoms with van der Waals surface area (Å²) < 4.78 is 5.27. The second kappa shape index (κ2) is 10.5. The van der Waals surface area contributed by atoms with Crippen molar-refractivity contribution in [2.45, 2.75) is 44.9 Å². The van der Waals surface area contributed by atoms with Crippen LogP contribution in [-0.4, -0.2) is 22.5 Å². The second-order valence-electron chi connectivity index (χ2n) is 5.45. The van der Waals surface area contributed by atoms with E-state index in [0.717, 1.165) is 12.3 Å². The topological polar surface area (TPSA) is 51.2 Å². The smallest absolute Gasteiger partial charge is 0.312 e. The molecule has 1 N–H and O–H groups in total. The van der Waals surface area contributed by atoms with Crippen LogP contribution in [0.5, 0.6) is 0 Å². The fourth-order valence-electron chi connectivity index (χ4n) is 2.62. The largest absolute Gasteiger partial charge is 0.465 e. The molecule has 0 saturated heterocycles. The molecule has 0 spiro atoms. The van der Waals surface area contributed by atoms with Crippen LogP contribution < -0.4 is 5.32 Å². The molecule has 0 atom stereocenters. The highest BCUT2D eigenvalue weighted by Crippen LogP contribution is 2.26. The van der Waals surface area contributed by atoms with Gasteiger partial charge in [-0.1, -0.05) is 50.4 Å². The predicted octanol–water partition coefficient (Wildman–Crippen LogP) is 4.15. The van der Waals surface area contributed by atoms with Gasteiger partial charge in [-0.25, -0.2) is 4.98 Å². The van der Waals surface area contributed by atoms with Crippen molar-refractivity contribution in [3.63, 3.8) is 0 Å². The summed E-state index contributed by atoms with van der Waals surface area (Å²) in [4.78, 5) is 16.3. The van der Waals surface area contributed by atoms with Crippen LogP contribution in [0.2, 0.25) is 0 Å². The Bertz CT molecular complexity index is 464. The number of carbonyl (C=O) groups is 1. The molecule has 1 aromatic heterocycles. The minimum atomic E-state index is -0.265. The molecule has 1 aliphatic rings.